The Morgan fingerprint density at radius 2 is 1.87 bits per heavy atom. The molecule has 2 heterocycles. The number of hydrogen-bond donors (Lipinski definition) is 3. The second kappa shape index (κ2) is 12.7. The molecule has 1 aliphatic rings. The van der Waals surface area contributed by atoms with E-state index in [1.54, 1.807) is 36.4 Å². The van der Waals surface area contributed by atoms with Crippen molar-refractivity contribution in [1.82, 2.24) is 9.69 Å². The number of aromatic nitrogens is 1. The molecule has 1 fully saturated rings. The fourth-order valence-corrected chi connectivity index (χ4v) is 5.20. The Hall–Kier alpha value is -3.96. The summed E-state index contributed by atoms with van der Waals surface area (Å²) in [5.41, 5.74) is 13.4. The number of nitrogens with two attached hydrogens (primary N) is 2. The summed E-state index contributed by atoms with van der Waals surface area (Å²) in [6.07, 6.45) is 2.51. The molecule has 5 N–H and O–H groups in total. The number of hydrogen-bond acceptors (Lipinski definition) is 8. The van der Waals surface area contributed by atoms with Crippen LogP contribution in [0.3, 0.4) is 0 Å². The van der Waals surface area contributed by atoms with Crippen molar-refractivity contribution in [3.05, 3.63) is 70.2 Å². The number of aryl methyl sites for hydroxylation is 1. The van der Waals surface area contributed by atoms with Crippen molar-refractivity contribution < 1.29 is 23.9 Å². The van der Waals surface area contributed by atoms with E-state index in [4.69, 9.17) is 20.9 Å². The second-order valence-corrected chi connectivity index (χ2v) is 9.89. The van der Waals surface area contributed by atoms with E-state index in [1.807, 2.05) is 26.0 Å². The van der Waals surface area contributed by atoms with Gasteiger partial charge in [-0.2, -0.15) is 4.37 Å². The van der Waals surface area contributed by atoms with Crippen molar-refractivity contribution in [2.24, 2.45) is 5.73 Å². The summed E-state index contributed by atoms with van der Waals surface area (Å²) in [5, 5.41) is 2.97. The molecule has 0 unspecified atom stereocenters. The maximum atomic E-state index is 14.1. The molecule has 2 aromatic carbocycles. The number of nitrogen functional groups attached to an aromatic ring is 1. The van der Waals surface area contributed by atoms with Gasteiger partial charge in [0.15, 0.2) is 5.69 Å². The van der Waals surface area contributed by atoms with Crippen molar-refractivity contribution in [3.8, 4) is 5.75 Å². The molecular weight excluding hydrogens is 518 g/mol. The quantitative estimate of drug-likeness (QED) is 0.330. The summed E-state index contributed by atoms with van der Waals surface area (Å²) in [4.78, 5) is 41.2. The normalized spacial score (nSPS) is 15.5. The highest BCUT2D eigenvalue weighted by atomic mass is 32.1. The zero-order chi connectivity index (χ0) is 27.9. The fraction of sp³-hybridized carbons (Fsp3) is 0.357. The number of primary amides is 1. The monoisotopic (exact) mass is 551 g/mol. The molecule has 10 nitrogen and oxygen atoms in total. The highest BCUT2D eigenvalue weighted by molar-refractivity contribution is 7.09. The smallest absolute Gasteiger partial charge is 0.273 e. The van der Waals surface area contributed by atoms with Crippen LogP contribution in [-0.2, 0) is 16.0 Å². The van der Waals surface area contributed by atoms with E-state index in [2.05, 4.69) is 9.69 Å². The summed E-state index contributed by atoms with van der Waals surface area (Å²) in [5.74, 6) is -1.16. The van der Waals surface area contributed by atoms with Crippen molar-refractivity contribution >= 4 is 40.6 Å². The van der Waals surface area contributed by atoms with Crippen LogP contribution in [0.1, 0.15) is 64.0 Å². The van der Waals surface area contributed by atoms with Gasteiger partial charge in [0.05, 0.1) is 18.4 Å². The average molecular weight is 552 g/mol. The third-order valence-electron chi connectivity index (χ3n) is 6.54. The van der Waals surface area contributed by atoms with Crippen LogP contribution in [0.5, 0.6) is 5.75 Å². The number of anilines is 2. The van der Waals surface area contributed by atoms with Crippen LogP contribution >= 0.6 is 11.5 Å². The van der Waals surface area contributed by atoms with Crippen molar-refractivity contribution in [2.75, 3.05) is 30.4 Å². The van der Waals surface area contributed by atoms with Crippen LogP contribution < -0.4 is 26.4 Å². The van der Waals surface area contributed by atoms with Crippen LogP contribution in [0.25, 0.3) is 0 Å². The standard InChI is InChI=1S/C28H33N5O5S/c1-3-17-7-11-19(12-8-17)33(28(36)25-22(29)23(26(30)34)32-39-25)24(18-9-13-20(14-10-18)37-4-2)27(35)31-16-21-6-5-15-38-21/h7-14,21,24H,3-6,15-16,29H2,1-2H3,(H2,30,34)(H,31,35)/t21-,24+/m1/s1. The van der Waals surface area contributed by atoms with Gasteiger partial charge in [-0.25, -0.2) is 0 Å². The number of carbonyl (C=O) groups excluding carboxylic acids is 3. The Balaban J connectivity index is 1.80. The van der Waals surface area contributed by atoms with Gasteiger partial charge in [-0.3, -0.25) is 19.3 Å². The SMILES string of the molecule is CCOc1ccc([C@@H](C(=O)NC[C@H]2CCCO2)N(C(=O)c2snc(C(N)=O)c2N)c2ccc(CC)cc2)cc1. The van der Waals surface area contributed by atoms with Crippen LogP contribution in [0, 0.1) is 0 Å². The van der Waals surface area contributed by atoms with E-state index in [-0.39, 0.29) is 28.3 Å². The molecule has 1 aromatic heterocycles. The lowest BCUT2D eigenvalue weighted by Gasteiger charge is -2.31. The van der Waals surface area contributed by atoms with Crippen LogP contribution in [0.2, 0.25) is 0 Å². The Labute approximate surface area is 231 Å². The van der Waals surface area contributed by atoms with Gasteiger partial charge < -0.3 is 26.3 Å². The van der Waals surface area contributed by atoms with E-state index >= 15 is 0 Å². The number of amides is 3. The summed E-state index contributed by atoms with van der Waals surface area (Å²) >= 11 is 0.772. The zero-order valence-electron chi connectivity index (χ0n) is 22.0. The Kier molecular flexibility index (Phi) is 9.15. The molecule has 1 aliphatic heterocycles. The minimum Gasteiger partial charge on any atom is -0.494 e. The van der Waals surface area contributed by atoms with E-state index in [0.717, 1.165) is 36.4 Å². The Morgan fingerprint density at radius 1 is 1.15 bits per heavy atom. The van der Waals surface area contributed by atoms with Crippen LogP contribution in [0.4, 0.5) is 11.4 Å². The first-order chi connectivity index (χ1) is 18.8. The predicted octanol–water partition coefficient (Wildman–Crippen LogP) is 3.47. The molecule has 0 aliphatic carbocycles. The summed E-state index contributed by atoms with van der Waals surface area (Å²) in [7, 11) is 0. The van der Waals surface area contributed by atoms with Gasteiger partial charge in [-0.05, 0) is 73.1 Å². The number of carbonyl (C=O) groups is 3. The lowest BCUT2D eigenvalue weighted by Crippen LogP contribution is -2.45. The molecule has 4 rings (SSSR count). The highest BCUT2D eigenvalue weighted by Crippen LogP contribution is 2.34. The fourth-order valence-electron chi connectivity index (χ4n) is 4.46. The van der Waals surface area contributed by atoms with Crippen LogP contribution in [0.15, 0.2) is 48.5 Å². The molecule has 0 radical (unpaired) electrons. The first-order valence-electron chi connectivity index (χ1n) is 12.9. The summed E-state index contributed by atoms with van der Waals surface area (Å²) in [6, 6.07) is 13.3. The summed E-state index contributed by atoms with van der Waals surface area (Å²) < 4.78 is 15.3. The number of nitrogens with one attached hydrogen (secondary N) is 1. The largest absolute Gasteiger partial charge is 0.494 e. The molecule has 39 heavy (non-hydrogen) atoms. The molecule has 2 atom stereocenters. The maximum Gasteiger partial charge on any atom is 0.273 e. The molecule has 0 saturated carbocycles. The first kappa shape index (κ1) is 28.1. The van der Waals surface area contributed by atoms with Gasteiger partial charge in [0, 0.05) is 18.8 Å². The molecule has 206 valence electrons. The Morgan fingerprint density at radius 3 is 2.44 bits per heavy atom. The third-order valence-corrected chi connectivity index (χ3v) is 7.39. The lowest BCUT2D eigenvalue weighted by atomic mass is 10.0. The zero-order valence-corrected chi connectivity index (χ0v) is 22.8. The maximum absolute atomic E-state index is 14.1. The van der Waals surface area contributed by atoms with Gasteiger partial charge >= 0.3 is 0 Å². The molecule has 3 aromatic rings. The third kappa shape index (κ3) is 6.37. The minimum atomic E-state index is -1.07. The first-order valence-corrected chi connectivity index (χ1v) is 13.7. The molecular formula is C28H33N5O5S. The predicted molar refractivity (Wildman–Crippen MR) is 150 cm³/mol. The van der Waals surface area contributed by atoms with Gasteiger partial charge in [-0.15, -0.1) is 0 Å². The Bertz CT molecular complexity index is 1300. The van der Waals surface area contributed by atoms with Gasteiger partial charge in [0.2, 0.25) is 5.91 Å². The highest BCUT2D eigenvalue weighted by Gasteiger charge is 2.36. The van der Waals surface area contributed by atoms with E-state index in [0.29, 0.717) is 36.8 Å². The lowest BCUT2D eigenvalue weighted by molar-refractivity contribution is -0.123. The van der Waals surface area contributed by atoms with E-state index < -0.39 is 17.9 Å². The molecule has 0 spiro atoms. The molecule has 0 bridgehead atoms. The molecule has 1 saturated heterocycles. The molecule has 11 heteroatoms. The minimum absolute atomic E-state index is 0.0197. The topological polar surface area (TPSA) is 150 Å². The number of nitrogens with zero attached hydrogens (tertiary/aromatic N) is 2. The second-order valence-electron chi connectivity index (χ2n) is 9.12. The number of rotatable bonds is 11. The van der Waals surface area contributed by atoms with Crippen molar-refractivity contribution in [3.63, 3.8) is 0 Å². The van der Waals surface area contributed by atoms with E-state index in [1.165, 1.54) is 4.90 Å². The van der Waals surface area contributed by atoms with Crippen molar-refractivity contribution in [1.29, 1.82) is 0 Å². The van der Waals surface area contributed by atoms with E-state index in [9.17, 15) is 14.4 Å². The molecule has 3 amide bonds. The van der Waals surface area contributed by atoms with Gasteiger partial charge in [0.25, 0.3) is 11.8 Å². The number of ether oxygens (including phenoxy) is 2. The van der Waals surface area contributed by atoms with Crippen LogP contribution in [-0.4, -0.2) is 48.0 Å². The van der Waals surface area contributed by atoms with Gasteiger partial charge in [-0.1, -0.05) is 31.2 Å². The van der Waals surface area contributed by atoms with Crippen molar-refractivity contribution in [2.45, 2.75) is 45.3 Å². The summed E-state index contributed by atoms with van der Waals surface area (Å²) in [6.45, 7) is 5.38. The van der Waals surface area contributed by atoms with Gasteiger partial charge in [0.1, 0.15) is 16.7 Å². The number of benzene rings is 2. The average Bonchev–Trinajstić information content (AvgIpc) is 3.60.